The number of aliphatic hydroxyl groups is 8. The summed E-state index contributed by atoms with van der Waals surface area (Å²) in [5.41, 5.74) is -1.84. The van der Waals surface area contributed by atoms with Gasteiger partial charge in [0.15, 0.2) is 12.6 Å². The van der Waals surface area contributed by atoms with E-state index in [1.807, 2.05) is 0 Å². The summed E-state index contributed by atoms with van der Waals surface area (Å²) in [5.74, 6) is 0.478. The van der Waals surface area contributed by atoms with Gasteiger partial charge in [-0.3, -0.25) is 0 Å². The van der Waals surface area contributed by atoms with Crippen LogP contribution >= 0.6 is 0 Å². The molecule has 4 saturated carbocycles. The Morgan fingerprint density at radius 3 is 2.11 bits per heavy atom. The number of rotatable bonds is 6. The van der Waals surface area contributed by atoms with Crippen molar-refractivity contribution in [3.05, 3.63) is 12.2 Å². The minimum absolute atomic E-state index is 0.0557. The van der Waals surface area contributed by atoms with Crippen molar-refractivity contribution in [2.75, 3.05) is 19.8 Å². The van der Waals surface area contributed by atoms with Crippen LogP contribution in [0.4, 0.5) is 0 Å². The molecule has 0 amide bonds. The van der Waals surface area contributed by atoms with E-state index in [9.17, 15) is 40.9 Å². The smallest absolute Gasteiger partial charge is 0.187 e. The molecule has 3 saturated heterocycles. The number of hydrogen-bond acceptors (Lipinski definition) is 13. The molecule has 8 rings (SSSR count). The molecule has 55 heavy (non-hydrogen) atoms. The first-order valence-electron chi connectivity index (χ1n) is 20.9. The third kappa shape index (κ3) is 5.44. The molecule has 0 aromatic heterocycles. The van der Waals surface area contributed by atoms with Gasteiger partial charge >= 0.3 is 0 Å². The molecule has 0 unspecified atom stereocenters. The van der Waals surface area contributed by atoms with Gasteiger partial charge in [-0.05, 0) is 86.4 Å². The first-order valence-corrected chi connectivity index (χ1v) is 20.9. The summed E-state index contributed by atoms with van der Waals surface area (Å²) in [5, 5.41) is 86.6. The lowest BCUT2D eigenvalue weighted by atomic mass is 9.32. The highest BCUT2D eigenvalue weighted by atomic mass is 16.7. The summed E-state index contributed by atoms with van der Waals surface area (Å²) in [6.07, 6.45) is -3.11. The largest absolute Gasteiger partial charge is 0.396 e. The van der Waals surface area contributed by atoms with Crippen molar-refractivity contribution in [3.8, 4) is 0 Å². The highest BCUT2D eigenvalue weighted by Crippen LogP contribution is 2.79. The molecule has 13 nitrogen and oxygen atoms in total. The molecule has 21 atom stereocenters. The maximum Gasteiger partial charge on any atom is 0.187 e. The van der Waals surface area contributed by atoms with E-state index in [0.717, 1.165) is 38.5 Å². The van der Waals surface area contributed by atoms with Crippen LogP contribution in [-0.4, -0.2) is 140 Å². The Hall–Kier alpha value is -0.780. The standard InChI is InChI=1S/C42H68O13/c1-21-33(55-35-31(49)29(47)28(46)22(18-43)53-35)30(48)32(50)34(52-21)54-27-10-11-37(4)23(38(27,5)19-44)8-12-39(6)24(37)9-13-42-25-16-36(2,3)14-15-41(25,20-51-42)26(45)17-40(39,42)7/h9,13,21-35,43-50H,8,10-12,14-20H2,1-7H3/t21-,22+,23+,24+,25+,26-,27-,28+,29-,30-,31+,32-,33+,34-,35-,37-,38-,39+,40-,41+,42-/m0/s1. The average molecular weight is 781 g/mol. The molecule has 13 heteroatoms. The zero-order valence-electron chi connectivity index (χ0n) is 33.7. The van der Waals surface area contributed by atoms with Gasteiger partial charge in [-0.25, -0.2) is 0 Å². The van der Waals surface area contributed by atoms with Crippen molar-refractivity contribution in [1.29, 1.82) is 0 Å². The fraction of sp³-hybridized carbons (Fsp3) is 0.952. The van der Waals surface area contributed by atoms with Gasteiger partial charge in [0.05, 0.1) is 43.7 Å². The summed E-state index contributed by atoms with van der Waals surface area (Å²) in [7, 11) is 0. The Labute approximate surface area is 325 Å². The van der Waals surface area contributed by atoms with Crippen LogP contribution in [0.2, 0.25) is 0 Å². The van der Waals surface area contributed by atoms with Crippen LogP contribution in [0.3, 0.4) is 0 Å². The fourth-order valence-corrected chi connectivity index (χ4v) is 14.3. The molecular weight excluding hydrogens is 712 g/mol. The number of ether oxygens (including phenoxy) is 5. The molecule has 2 bridgehead atoms. The Kier molecular flexibility index (Phi) is 9.95. The second-order valence-electron chi connectivity index (χ2n) is 21.0. The fourth-order valence-electron chi connectivity index (χ4n) is 14.3. The molecule has 1 spiro atoms. The van der Waals surface area contributed by atoms with Crippen molar-refractivity contribution in [3.63, 3.8) is 0 Å². The van der Waals surface area contributed by atoms with E-state index in [1.165, 1.54) is 0 Å². The third-order valence-electron chi connectivity index (χ3n) is 17.9. The summed E-state index contributed by atoms with van der Waals surface area (Å²) < 4.78 is 31.2. The zero-order valence-corrected chi connectivity index (χ0v) is 33.7. The van der Waals surface area contributed by atoms with E-state index in [-0.39, 0.29) is 51.4 Å². The van der Waals surface area contributed by atoms with Gasteiger partial charge < -0.3 is 64.5 Å². The lowest BCUT2D eigenvalue weighted by Gasteiger charge is -2.73. The summed E-state index contributed by atoms with van der Waals surface area (Å²) in [4.78, 5) is 0. The zero-order chi connectivity index (χ0) is 39.9. The van der Waals surface area contributed by atoms with E-state index in [1.54, 1.807) is 6.92 Å². The minimum atomic E-state index is -1.68. The number of allylic oxidation sites excluding steroid dienone is 1. The van der Waals surface area contributed by atoms with Gasteiger partial charge in [0, 0.05) is 22.2 Å². The van der Waals surface area contributed by atoms with E-state index in [0.29, 0.717) is 19.4 Å². The van der Waals surface area contributed by atoms with E-state index >= 15 is 0 Å². The van der Waals surface area contributed by atoms with Crippen LogP contribution in [-0.2, 0) is 23.7 Å². The van der Waals surface area contributed by atoms with Crippen LogP contribution in [0, 0.1) is 50.2 Å². The highest BCUT2D eigenvalue weighted by Gasteiger charge is 2.79. The molecule has 0 aromatic rings. The monoisotopic (exact) mass is 780 g/mol. The topological polar surface area (TPSA) is 208 Å². The Bertz CT molecular complexity index is 1490. The van der Waals surface area contributed by atoms with Crippen molar-refractivity contribution >= 4 is 0 Å². The summed E-state index contributed by atoms with van der Waals surface area (Å²) in [6.45, 7) is 15.5. The number of fused-ring (bicyclic) bond motifs is 4. The van der Waals surface area contributed by atoms with Gasteiger partial charge in [0.2, 0.25) is 0 Å². The molecule has 0 radical (unpaired) electrons. The first kappa shape index (κ1) is 41.0. The van der Waals surface area contributed by atoms with Gasteiger partial charge in [0.1, 0.15) is 42.7 Å². The Morgan fingerprint density at radius 1 is 0.727 bits per heavy atom. The van der Waals surface area contributed by atoms with Crippen molar-refractivity contribution in [2.24, 2.45) is 50.2 Å². The van der Waals surface area contributed by atoms with Crippen LogP contribution in [0.25, 0.3) is 0 Å². The van der Waals surface area contributed by atoms with Crippen LogP contribution < -0.4 is 0 Å². The molecular formula is C42H68O13. The molecule has 3 heterocycles. The summed E-state index contributed by atoms with van der Waals surface area (Å²) in [6, 6.07) is 0. The minimum Gasteiger partial charge on any atom is -0.396 e. The quantitative estimate of drug-likeness (QED) is 0.143. The van der Waals surface area contributed by atoms with Gasteiger partial charge in [0.25, 0.3) is 0 Å². The van der Waals surface area contributed by atoms with E-state index in [4.69, 9.17) is 23.7 Å². The van der Waals surface area contributed by atoms with Gasteiger partial charge in [-0.1, -0.05) is 53.7 Å². The second kappa shape index (κ2) is 13.4. The molecule has 3 aliphatic heterocycles. The Balaban J connectivity index is 1.02. The molecule has 5 aliphatic carbocycles. The highest BCUT2D eigenvalue weighted by molar-refractivity contribution is 5.36. The lowest BCUT2D eigenvalue weighted by Crippen LogP contribution is -2.72. The molecule has 7 fully saturated rings. The maximum atomic E-state index is 12.1. The van der Waals surface area contributed by atoms with Crippen molar-refractivity contribution < 1.29 is 64.5 Å². The lowest BCUT2D eigenvalue weighted by molar-refractivity contribution is -0.365. The normalized spacial score (nSPS) is 59.7. The number of aliphatic hydroxyl groups excluding tert-OH is 8. The predicted octanol–water partition coefficient (Wildman–Crippen LogP) is 1.78. The van der Waals surface area contributed by atoms with Crippen LogP contribution in [0.1, 0.15) is 99.8 Å². The van der Waals surface area contributed by atoms with Crippen LogP contribution in [0.15, 0.2) is 12.2 Å². The Morgan fingerprint density at radius 2 is 1.42 bits per heavy atom. The van der Waals surface area contributed by atoms with Crippen molar-refractivity contribution in [2.45, 2.75) is 179 Å². The predicted molar refractivity (Wildman–Crippen MR) is 197 cm³/mol. The number of hydrogen-bond donors (Lipinski definition) is 8. The van der Waals surface area contributed by atoms with E-state index < -0.39 is 91.2 Å². The average Bonchev–Trinajstić information content (AvgIpc) is 3.41. The third-order valence-corrected chi connectivity index (χ3v) is 17.9. The first-order chi connectivity index (χ1) is 25.7. The van der Waals surface area contributed by atoms with E-state index in [2.05, 4.69) is 53.7 Å². The molecule has 8 N–H and O–H groups in total. The molecule has 314 valence electrons. The molecule has 0 aromatic carbocycles. The van der Waals surface area contributed by atoms with Crippen LogP contribution in [0.5, 0.6) is 0 Å². The van der Waals surface area contributed by atoms with Gasteiger partial charge in [-0.15, -0.1) is 0 Å². The summed E-state index contributed by atoms with van der Waals surface area (Å²) >= 11 is 0. The maximum absolute atomic E-state index is 12.1. The molecule has 8 aliphatic rings. The second-order valence-corrected chi connectivity index (χ2v) is 21.0. The van der Waals surface area contributed by atoms with Crippen molar-refractivity contribution in [1.82, 2.24) is 0 Å². The SMILES string of the molecule is C[C@@H]1O[C@@H](O[C@H]2CC[C@@]3(C)[C@@H](CC[C@]4(C)[C@@H]3C=C[C@]35OC[C@@]6(CCC(C)(C)C[C@H]63)[C@@H](O)C[C@]54C)[C@]2(C)CO)[C@@H](O)[C@H](O)[C@@H]1O[C@@H]1O[C@H](CO)[C@@H](O)[C@H](O)[C@H]1O. The van der Waals surface area contributed by atoms with Gasteiger partial charge in [-0.2, -0.15) is 0 Å².